The monoisotopic (exact) mass is 198 g/mol. The first-order chi connectivity index (χ1) is 6.65. The molecule has 1 N–H and O–H groups in total. The van der Waals surface area contributed by atoms with Gasteiger partial charge in [-0.15, -0.1) is 6.58 Å². The van der Waals surface area contributed by atoms with Crippen LogP contribution in [0.3, 0.4) is 0 Å². The molecule has 0 aromatic carbocycles. The fraction of sp³-hybridized carbons (Fsp3) is 0.727. The van der Waals surface area contributed by atoms with Gasteiger partial charge >= 0.3 is 5.97 Å². The van der Waals surface area contributed by atoms with E-state index in [1.165, 1.54) is 0 Å². The molecule has 0 bridgehead atoms. The zero-order valence-electron chi connectivity index (χ0n) is 8.61. The Labute approximate surface area is 84.8 Å². The molecule has 0 aromatic heterocycles. The van der Waals surface area contributed by atoms with Crippen LogP contribution in [-0.4, -0.2) is 23.8 Å². The van der Waals surface area contributed by atoms with E-state index >= 15 is 0 Å². The van der Waals surface area contributed by atoms with Gasteiger partial charge in [-0.3, -0.25) is 4.79 Å². The predicted molar refractivity (Wildman–Crippen MR) is 54.1 cm³/mol. The Bertz CT molecular complexity index is 213. The number of ether oxygens (including phenoxy) is 1. The van der Waals surface area contributed by atoms with Gasteiger partial charge in [-0.25, -0.2) is 0 Å². The average molecular weight is 198 g/mol. The summed E-state index contributed by atoms with van der Waals surface area (Å²) < 4.78 is 5.48. The molecule has 0 radical (unpaired) electrons. The summed E-state index contributed by atoms with van der Waals surface area (Å²) in [7, 11) is 0. The quantitative estimate of drug-likeness (QED) is 0.703. The summed E-state index contributed by atoms with van der Waals surface area (Å²) in [6.45, 7) is 6.15. The number of rotatable bonds is 4. The van der Waals surface area contributed by atoms with Gasteiger partial charge in [0, 0.05) is 0 Å². The van der Waals surface area contributed by atoms with Crippen molar-refractivity contribution in [3.8, 4) is 0 Å². The van der Waals surface area contributed by atoms with E-state index < -0.39 is 5.97 Å². The van der Waals surface area contributed by atoms with Crippen LogP contribution in [0.5, 0.6) is 0 Å². The highest BCUT2D eigenvalue weighted by atomic mass is 16.5. The number of carboxylic acid groups (broad SMARTS) is 1. The molecule has 1 fully saturated rings. The summed E-state index contributed by atoms with van der Waals surface area (Å²) in [6, 6.07) is 0. The minimum absolute atomic E-state index is 0.130. The Morgan fingerprint density at radius 1 is 1.64 bits per heavy atom. The molecule has 1 aliphatic carbocycles. The molecule has 0 aromatic rings. The van der Waals surface area contributed by atoms with Gasteiger partial charge in [0.25, 0.3) is 0 Å². The topological polar surface area (TPSA) is 46.5 Å². The Hall–Kier alpha value is -0.830. The summed E-state index contributed by atoms with van der Waals surface area (Å²) >= 11 is 0. The predicted octanol–water partition coefficient (Wildman–Crippen LogP) is 2.08. The van der Waals surface area contributed by atoms with E-state index in [1.54, 1.807) is 6.08 Å². The lowest BCUT2D eigenvalue weighted by molar-refractivity contribution is -0.150. The van der Waals surface area contributed by atoms with E-state index in [0.29, 0.717) is 12.5 Å². The molecular weight excluding hydrogens is 180 g/mol. The minimum atomic E-state index is -0.731. The lowest BCUT2D eigenvalue weighted by Gasteiger charge is -2.31. The first kappa shape index (κ1) is 11.2. The molecule has 0 saturated heterocycles. The maximum absolute atomic E-state index is 10.9. The van der Waals surface area contributed by atoms with Crippen LogP contribution in [-0.2, 0) is 9.53 Å². The van der Waals surface area contributed by atoms with Crippen molar-refractivity contribution in [2.24, 2.45) is 11.8 Å². The second-order valence-corrected chi connectivity index (χ2v) is 4.02. The van der Waals surface area contributed by atoms with E-state index in [4.69, 9.17) is 9.84 Å². The molecule has 1 rings (SSSR count). The van der Waals surface area contributed by atoms with Crippen LogP contribution in [0.1, 0.15) is 26.2 Å². The summed E-state index contributed by atoms with van der Waals surface area (Å²) in [4.78, 5) is 10.9. The van der Waals surface area contributed by atoms with Crippen molar-refractivity contribution < 1.29 is 14.6 Å². The molecular formula is C11H18O3. The van der Waals surface area contributed by atoms with Gasteiger partial charge in [-0.2, -0.15) is 0 Å². The van der Waals surface area contributed by atoms with Crippen molar-refractivity contribution in [2.75, 3.05) is 6.61 Å². The first-order valence-electron chi connectivity index (χ1n) is 5.10. The number of hydrogen-bond donors (Lipinski definition) is 1. The van der Waals surface area contributed by atoms with Crippen molar-refractivity contribution in [2.45, 2.75) is 32.3 Å². The standard InChI is InChI=1S/C11H18O3/c1-3-6-14-10-7-8(2)4-5-9(10)11(12)13/h3,8-10H,1,4-7H2,2H3,(H,12,13). The third-order valence-corrected chi connectivity index (χ3v) is 2.80. The van der Waals surface area contributed by atoms with Crippen molar-refractivity contribution >= 4 is 5.97 Å². The summed E-state index contributed by atoms with van der Waals surface area (Å²) in [5.74, 6) is -0.488. The normalized spacial score (nSPS) is 32.5. The maximum Gasteiger partial charge on any atom is 0.309 e. The average Bonchev–Trinajstić information content (AvgIpc) is 2.14. The van der Waals surface area contributed by atoms with E-state index in [9.17, 15) is 4.79 Å². The highest BCUT2D eigenvalue weighted by Gasteiger charge is 2.33. The molecule has 3 heteroatoms. The Balaban J connectivity index is 2.53. The van der Waals surface area contributed by atoms with Crippen LogP contribution in [0.15, 0.2) is 12.7 Å². The molecule has 1 saturated carbocycles. The number of aliphatic carboxylic acids is 1. The number of hydrogen-bond acceptors (Lipinski definition) is 2. The number of carbonyl (C=O) groups is 1. The lowest BCUT2D eigenvalue weighted by atomic mass is 9.80. The fourth-order valence-corrected chi connectivity index (χ4v) is 1.99. The van der Waals surface area contributed by atoms with Gasteiger partial charge in [-0.1, -0.05) is 13.0 Å². The summed E-state index contributed by atoms with van der Waals surface area (Å²) in [5.41, 5.74) is 0. The second kappa shape index (κ2) is 5.15. The molecule has 0 heterocycles. The van der Waals surface area contributed by atoms with Gasteiger partial charge in [0.15, 0.2) is 0 Å². The van der Waals surface area contributed by atoms with Crippen LogP contribution in [0.4, 0.5) is 0 Å². The molecule has 0 spiro atoms. The smallest absolute Gasteiger partial charge is 0.309 e. The van der Waals surface area contributed by atoms with Crippen LogP contribution in [0, 0.1) is 11.8 Å². The van der Waals surface area contributed by atoms with Crippen molar-refractivity contribution in [1.82, 2.24) is 0 Å². The van der Waals surface area contributed by atoms with Gasteiger partial charge < -0.3 is 9.84 Å². The van der Waals surface area contributed by atoms with E-state index in [0.717, 1.165) is 19.3 Å². The molecule has 3 atom stereocenters. The summed E-state index contributed by atoms with van der Waals surface area (Å²) in [6.07, 6.45) is 4.11. The zero-order valence-corrected chi connectivity index (χ0v) is 8.61. The SMILES string of the molecule is C=CCOC1CC(C)CCC1C(=O)O. The molecule has 1 aliphatic rings. The van der Waals surface area contributed by atoms with Crippen LogP contribution in [0.2, 0.25) is 0 Å². The Morgan fingerprint density at radius 2 is 2.36 bits per heavy atom. The Kier molecular flexibility index (Phi) is 4.14. The molecule has 3 nitrogen and oxygen atoms in total. The van der Waals surface area contributed by atoms with Gasteiger partial charge in [-0.05, 0) is 25.2 Å². The van der Waals surface area contributed by atoms with E-state index in [2.05, 4.69) is 13.5 Å². The Morgan fingerprint density at radius 3 is 2.93 bits per heavy atom. The molecule has 80 valence electrons. The van der Waals surface area contributed by atoms with Crippen molar-refractivity contribution in [3.63, 3.8) is 0 Å². The van der Waals surface area contributed by atoms with Gasteiger partial charge in [0.1, 0.15) is 0 Å². The van der Waals surface area contributed by atoms with Gasteiger partial charge in [0.2, 0.25) is 0 Å². The highest BCUT2D eigenvalue weighted by Crippen LogP contribution is 2.31. The van der Waals surface area contributed by atoms with E-state index in [1.807, 2.05) is 0 Å². The first-order valence-corrected chi connectivity index (χ1v) is 5.10. The minimum Gasteiger partial charge on any atom is -0.481 e. The second-order valence-electron chi connectivity index (χ2n) is 4.02. The van der Waals surface area contributed by atoms with Crippen LogP contribution in [0.25, 0.3) is 0 Å². The third-order valence-electron chi connectivity index (χ3n) is 2.80. The van der Waals surface area contributed by atoms with Gasteiger partial charge in [0.05, 0.1) is 18.6 Å². The highest BCUT2D eigenvalue weighted by molar-refractivity contribution is 5.70. The molecule has 14 heavy (non-hydrogen) atoms. The molecule has 0 aliphatic heterocycles. The van der Waals surface area contributed by atoms with Crippen LogP contribution < -0.4 is 0 Å². The molecule has 3 unspecified atom stereocenters. The number of carboxylic acids is 1. The van der Waals surface area contributed by atoms with Crippen molar-refractivity contribution in [1.29, 1.82) is 0 Å². The zero-order chi connectivity index (χ0) is 10.6. The lowest BCUT2D eigenvalue weighted by Crippen LogP contribution is -2.36. The molecule has 0 amide bonds. The fourth-order valence-electron chi connectivity index (χ4n) is 1.99. The maximum atomic E-state index is 10.9. The third kappa shape index (κ3) is 2.84. The van der Waals surface area contributed by atoms with Crippen LogP contribution >= 0.6 is 0 Å². The van der Waals surface area contributed by atoms with E-state index in [-0.39, 0.29) is 12.0 Å². The summed E-state index contributed by atoms with van der Waals surface area (Å²) in [5, 5.41) is 8.99. The largest absolute Gasteiger partial charge is 0.481 e. The van der Waals surface area contributed by atoms with Crippen molar-refractivity contribution in [3.05, 3.63) is 12.7 Å².